The van der Waals surface area contributed by atoms with Crippen LogP contribution in [0.25, 0.3) is 0 Å². The lowest BCUT2D eigenvalue weighted by Crippen LogP contribution is -2.34. The van der Waals surface area contributed by atoms with Gasteiger partial charge in [-0.2, -0.15) is 0 Å². The maximum absolute atomic E-state index is 11.9. The molecule has 2 rings (SSSR count). The molecule has 4 nitrogen and oxygen atoms in total. The molecular weight excluding hydrogens is 240 g/mol. The molecule has 1 amide bonds. The molecule has 104 valence electrons. The van der Waals surface area contributed by atoms with E-state index in [0.29, 0.717) is 24.6 Å². The summed E-state index contributed by atoms with van der Waals surface area (Å²) in [4.78, 5) is 11.9. The van der Waals surface area contributed by atoms with Crippen molar-refractivity contribution in [3.05, 3.63) is 24.3 Å². The summed E-state index contributed by atoms with van der Waals surface area (Å²) in [5.74, 6) is 1.05. The van der Waals surface area contributed by atoms with Crippen LogP contribution in [0.15, 0.2) is 24.3 Å². The predicted molar refractivity (Wildman–Crippen MR) is 75.9 cm³/mol. The number of hydrogen-bond donors (Lipinski definition) is 2. The average molecular weight is 262 g/mol. The van der Waals surface area contributed by atoms with Gasteiger partial charge in [-0.3, -0.25) is 4.79 Å². The van der Waals surface area contributed by atoms with Gasteiger partial charge in [0.05, 0.1) is 12.2 Å². The van der Waals surface area contributed by atoms with E-state index >= 15 is 0 Å². The monoisotopic (exact) mass is 262 g/mol. The summed E-state index contributed by atoms with van der Waals surface area (Å²) in [7, 11) is 0. The maximum Gasteiger partial charge on any atom is 0.223 e. The van der Waals surface area contributed by atoms with Crippen molar-refractivity contribution in [1.82, 2.24) is 5.32 Å². The van der Waals surface area contributed by atoms with Crippen LogP contribution >= 0.6 is 0 Å². The summed E-state index contributed by atoms with van der Waals surface area (Å²) in [6.45, 7) is 0.982. The molecule has 0 atom stereocenters. The van der Waals surface area contributed by atoms with E-state index < -0.39 is 0 Å². The molecule has 19 heavy (non-hydrogen) atoms. The molecule has 0 spiro atoms. The van der Waals surface area contributed by atoms with E-state index in [9.17, 15) is 4.79 Å². The SMILES string of the molecule is Nc1ccccc1OCCNC(=O)C1CCCCC1. The van der Waals surface area contributed by atoms with Crippen molar-refractivity contribution in [2.45, 2.75) is 32.1 Å². The van der Waals surface area contributed by atoms with Crippen molar-refractivity contribution in [1.29, 1.82) is 0 Å². The molecule has 0 radical (unpaired) electrons. The predicted octanol–water partition coefficient (Wildman–Crippen LogP) is 2.34. The first-order valence-electron chi connectivity index (χ1n) is 7.02. The van der Waals surface area contributed by atoms with Gasteiger partial charge in [-0.05, 0) is 25.0 Å². The molecule has 1 aromatic rings. The Labute approximate surface area is 114 Å². The van der Waals surface area contributed by atoms with Crippen molar-refractivity contribution in [2.24, 2.45) is 5.92 Å². The number of nitrogens with one attached hydrogen (secondary N) is 1. The second-order valence-electron chi connectivity index (χ2n) is 5.01. The van der Waals surface area contributed by atoms with Crippen molar-refractivity contribution in [3.8, 4) is 5.75 Å². The average Bonchev–Trinajstić information content (AvgIpc) is 2.46. The van der Waals surface area contributed by atoms with Crippen LogP contribution in [-0.2, 0) is 4.79 Å². The molecule has 1 aliphatic carbocycles. The fourth-order valence-electron chi connectivity index (χ4n) is 2.46. The van der Waals surface area contributed by atoms with E-state index in [1.54, 1.807) is 6.07 Å². The number of hydrogen-bond acceptors (Lipinski definition) is 3. The highest BCUT2D eigenvalue weighted by Crippen LogP contribution is 2.23. The number of carbonyl (C=O) groups excluding carboxylic acids is 1. The first kappa shape index (κ1) is 13.7. The Bertz CT molecular complexity index is 414. The maximum atomic E-state index is 11.9. The lowest BCUT2D eigenvalue weighted by molar-refractivity contribution is -0.126. The molecule has 4 heteroatoms. The zero-order chi connectivity index (χ0) is 13.5. The summed E-state index contributed by atoms with van der Waals surface area (Å²) in [6, 6.07) is 7.38. The molecule has 1 aliphatic rings. The van der Waals surface area contributed by atoms with Gasteiger partial charge in [0.2, 0.25) is 5.91 Å². The van der Waals surface area contributed by atoms with E-state index in [1.165, 1.54) is 19.3 Å². The van der Waals surface area contributed by atoms with Crippen LogP contribution in [0.5, 0.6) is 5.75 Å². The number of nitrogens with two attached hydrogens (primary N) is 1. The molecule has 0 saturated heterocycles. The van der Waals surface area contributed by atoms with Gasteiger partial charge in [0, 0.05) is 5.92 Å². The molecule has 0 heterocycles. The van der Waals surface area contributed by atoms with Crippen molar-refractivity contribution in [2.75, 3.05) is 18.9 Å². The van der Waals surface area contributed by atoms with E-state index in [-0.39, 0.29) is 11.8 Å². The zero-order valence-electron chi connectivity index (χ0n) is 11.2. The quantitative estimate of drug-likeness (QED) is 0.632. The number of anilines is 1. The molecule has 0 aromatic heterocycles. The largest absolute Gasteiger partial charge is 0.490 e. The number of para-hydroxylation sites is 2. The van der Waals surface area contributed by atoms with Crippen LogP contribution in [0.1, 0.15) is 32.1 Å². The topological polar surface area (TPSA) is 64.3 Å². The highest BCUT2D eigenvalue weighted by atomic mass is 16.5. The molecule has 3 N–H and O–H groups in total. The van der Waals surface area contributed by atoms with Crippen molar-refractivity contribution >= 4 is 11.6 Å². The minimum absolute atomic E-state index is 0.171. The minimum atomic E-state index is 0.171. The number of benzene rings is 1. The molecule has 1 saturated carbocycles. The molecule has 1 fully saturated rings. The van der Waals surface area contributed by atoms with Gasteiger partial charge >= 0.3 is 0 Å². The van der Waals surface area contributed by atoms with Crippen molar-refractivity contribution in [3.63, 3.8) is 0 Å². The van der Waals surface area contributed by atoms with Crippen LogP contribution in [0.2, 0.25) is 0 Å². The highest BCUT2D eigenvalue weighted by molar-refractivity contribution is 5.78. The van der Waals surface area contributed by atoms with Gasteiger partial charge in [0.15, 0.2) is 0 Å². The Morgan fingerprint density at radius 2 is 2.00 bits per heavy atom. The van der Waals surface area contributed by atoms with Crippen LogP contribution in [-0.4, -0.2) is 19.1 Å². The normalized spacial score (nSPS) is 16.0. The Hall–Kier alpha value is -1.71. The Morgan fingerprint density at radius 1 is 1.26 bits per heavy atom. The molecule has 0 aliphatic heterocycles. The van der Waals surface area contributed by atoms with Gasteiger partial charge in [0.1, 0.15) is 12.4 Å². The van der Waals surface area contributed by atoms with Crippen LogP contribution in [0, 0.1) is 5.92 Å². The third-order valence-electron chi connectivity index (χ3n) is 3.55. The van der Waals surface area contributed by atoms with Gasteiger partial charge in [-0.25, -0.2) is 0 Å². The van der Waals surface area contributed by atoms with E-state index in [2.05, 4.69) is 5.32 Å². The highest BCUT2D eigenvalue weighted by Gasteiger charge is 2.20. The second-order valence-corrected chi connectivity index (χ2v) is 5.01. The molecule has 0 bridgehead atoms. The van der Waals surface area contributed by atoms with Gasteiger partial charge in [-0.1, -0.05) is 31.4 Å². The van der Waals surface area contributed by atoms with Crippen molar-refractivity contribution < 1.29 is 9.53 Å². The van der Waals surface area contributed by atoms with E-state index in [4.69, 9.17) is 10.5 Å². The summed E-state index contributed by atoms with van der Waals surface area (Å²) in [6.07, 6.45) is 5.67. The fraction of sp³-hybridized carbons (Fsp3) is 0.533. The number of amides is 1. The van der Waals surface area contributed by atoms with Crippen LogP contribution < -0.4 is 15.8 Å². The summed E-state index contributed by atoms with van der Waals surface area (Å²) in [5, 5.41) is 2.94. The van der Waals surface area contributed by atoms with E-state index in [1.807, 2.05) is 18.2 Å². The molecule has 0 unspecified atom stereocenters. The van der Waals surface area contributed by atoms with Crippen LogP contribution in [0.4, 0.5) is 5.69 Å². The standard InChI is InChI=1S/C15H22N2O2/c16-13-8-4-5-9-14(13)19-11-10-17-15(18)12-6-2-1-3-7-12/h4-5,8-9,12H,1-3,6-7,10-11,16H2,(H,17,18). The smallest absolute Gasteiger partial charge is 0.223 e. The lowest BCUT2D eigenvalue weighted by atomic mass is 9.89. The van der Waals surface area contributed by atoms with Gasteiger partial charge < -0.3 is 15.8 Å². The summed E-state index contributed by atoms with van der Waals surface area (Å²) in [5.41, 5.74) is 6.39. The molecule has 1 aromatic carbocycles. The molecular formula is C15H22N2O2. The fourth-order valence-corrected chi connectivity index (χ4v) is 2.46. The Balaban J connectivity index is 1.66. The Kier molecular flexibility index (Phi) is 5.07. The third kappa shape index (κ3) is 4.16. The van der Waals surface area contributed by atoms with Gasteiger partial charge in [0.25, 0.3) is 0 Å². The summed E-state index contributed by atoms with van der Waals surface area (Å²) >= 11 is 0. The lowest BCUT2D eigenvalue weighted by Gasteiger charge is -2.20. The number of carbonyl (C=O) groups is 1. The minimum Gasteiger partial charge on any atom is -0.490 e. The first-order valence-corrected chi connectivity index (χ1v) is 7.02. The first-order chi connectivity index (χ1) is 9.27. The number of nitrogen functional groups attached to an aromatic ring is 1. The Morgan fingerprint density at radius 3 is 2.74 bits per heavy atom. The third-order valence-corrected chi connectivity index (χ3v) is 3.55. The number of ether oxygens (including phenoxy) is 1. The van der Waals surface area contributed by atoms with E-state index in [0.717, 1.165) is 12.8 Å². The summed E-state index contributed by atoms with van der Waals surface area (Å²) < 4.78 is 5.53. The van der Waals surface area contributed by atoms with Crippen LogP contribution in [0.3, 0.4) is 0 Å². The number of rotatable bonds is 5. The zero-order valence-corrected chi connectivity index (χ0v) is 11.2. The van der Waals surface area contributed by atoms with Gasteiger partial charge in [-0.15, -0.1) is 0 Å². The second kappa shape index (κ2) is 7.02.